The van der Waals surface area contributed by atoms with Gasteiger partial charge >= 0.3 is 0 Å². The predicted molar refractivity (Wildman–Crippen MR) is 109 cm³/mol. The molecule has 28 heavy (non-hydrogen) atoms. The zero-order chi connectivity index (χ0) is 18.9. The van der Waals surface area contributed by atoms with Crippen LogP contribution in [0, 0.1) is 5.82 Å². The molecule has 2 heterocycles. The van der Waals surface area contributed by atoms with E-state index in [4.69, 9.17) is 4.98 Å². The summed E-state index contributed by atoms with van der Waals surface area (Å²) in [5.41, 5.74) is 4.87. The lowest BCUT2D eigenvalue weighted by Gasteiger charge is -2.14. The number of para-hydroxylation sites is 2. The van der Waals surface area contributed by atoms with E-state index < -0.39 is 0 Å². The lowest BCUT2D eigenvalue weighted by molar-refractivity contribution is 0.619. The first kappa shape index (κ1) is 17.0. The van der Waals surface area contributed by atoms with E-state index in [2.05, 4.69) is 16.0 Å². The number of hydrogen-bond acceptors (Lipinski definition) is 3. The summed E-state index contributed by atoms with van der Waals surface area (Å²) in [7, 11) is 0. The molecule has 1 aliphatic carbocycles. The van der Waals surface area contributed by atoms with E-state index in [0.717, 1.165) is 36.8 Å². The molecule has 4 nitrogen and oxygen atoms in total. The lowest BCUT2D eigenvalue weighted by Crippen LogP contribution is -2.05. The number of aromatic nitrogens is 4. The fourth-order valence-electron chi connectivity index (χ4n) is 3.95. The lowest BCUT2D eigenvalue weighted by atomic mass is 9.97. The molecule has 0 radical (unpaired) electrons. The Morgan fingerprint density at radius 2 is 1.68 bits per heavy atom. The molecule has 5 heteroatoms. The second-order valence-corrected chi connectivity index (χ2v) is 7.28. The molecule has 0 amide bonds. The number of halogens is 1. The molecule has 0 N–H and O–H groups in total. The fraction of sp³-hybridized carbons (Fsp3) is 0.261. The summed E-state index contributed by atoms with van der Waals surface area (Å²) in [5, 5.41) is 0. The molecule has 0 saturated heterocycles. The summed E-state index contributed by atoms with van der Waals surface area (Å²) in [5.74, 6) is 0.320. The summed E-state index contributed by atoms with van der Waals surface area (Å²) in [6.07, 6.45) is 8.12. The van der Waals surface area contributed by atoms with Crippen LogP contribution in [0.4, 0.5) is 4.39 Å². The Morgan fingerprint density at radius 1 is 0.893 bits per heavy atom. The molecule has 2 aromatic carbocycles. The normalized spacial score (nSPS) is 14.5. The Hall–Kier alpha value is -3.08. The third-order valence-electron chi connectivity index (χ3n) is 5.41. The number of allylic oxidation sites excluding steroid dienone is 2. The van der Waals surface area contributed by atoms with Gasteiger partial charge in [0.1, 0.15) is 11.6 Å². The van der Waals surface area contributed by atoms with Gasteiger partial charge in [-0.2, -0.15) is 0 Å². The second-order valence-electron chi connectivity index (χ2n) is 7.28. The molecule has 0 saturated carbocycles. The topological polar surface area (TPSA) is 43.6 Å². The number of fused-ring (bicyclic) bond motifs is 2. The molecule has 0 unspecified atom stereocenters. The SMILES string of the molecule is Fc1ccccc1-c1nc2nc3ccccc3nc2n1CCC1=CCCCC1. The van der Waals surface area contributed by atoms with Crippen LogP contribution < -0.4 is 0 Å². The third-order valence-corrected chi connectivity index (χ3v) is 5.41. The number of aryl methyl sites for hydroxylation is 1. The van der Waals surface area contributed by atoms with Crippen molar-refractivity contribution in [2.45, 2.75) is 38.6 Å². The van der Waals surface area contributed by atoms with Crippen molar-refractivity contribution < 1.29 is 4.39 Å². The number of rotatable bonds is 4. The zero-order valence-electron chi connectivity index (χ0n) is 15.6. The molecule has 0 fully saturated rings. The van der Waals surface area contributed by atoms with Gasteiger partial charge in [-0.05, 0) is 56.4 Å². The zero-order valence-corrected chi connectivity index (χ0v) is 15.6. The van der Waals surface area contributed by atoms with Crippen LogP contribution in [0.25, 0.3) is 33.7 Å². The fourth-order valence-corrected chi connectivity index (χ4v) is 3.95. The smallest absolute Gasteiger partial charge is 0.198 e. The highest BCUT2D eigenvalue weighted by Gasteiger charge is 2.18. The first-order valence-electron chi connectivity index (χ1n) is 9.85. The van der Waals surface area contributed by atoms with E-state index in [1.807, 2.05) is 34.9 Å². The van der Waals surface area contributed by atoms with Crippen LogP contribution >= 0.6 is 0 Å². The average Bonchev–Trinajstić information content (AvgIpc) is 3.08. The van der Waals surface area contributed by atoms with E-state index in [9.17, 15) is 4.39 Å². The maximum atomic E-state index is 14.6. The van der Waals surface area contributed by atoms with Crippen molar-refractivity contribution in [2.24, 2.45) is 0 Å². The highest BCUT2D eigenvalue weighted by Crippen LogP contribution is 2.28. The van der Waals surface area contributed by atoms with Gasteiger partial charge in [-0.3, -0.25) is 0 Å². The minimum absolute atomic E-state index is 0.277. The summed E-state index contributed by atoms with van der Waals surface area (Å²) >= 11 is 0. The van der Waals surface area contributed by atoms with E-state index >= 15 is 0 Å². The molecule has 140 valence electrons. The highest BCUT2D eigenvalue weighted by molar-refractivity contribution is 5.84. The van der Waals surface area contributed by atoms with E-state index in [0.29, 0.717) is 22.7 Å². The van der Waals surface area contributed by atoms with E-state index in [-0.39, 0.29) is 5.82 Å². The maximum Gasteiger partial charge on any atom is 0.198 e. The van der Waals surface area contributed by atoms with Gasteiger partial charge in [-0.1, -0.05) is 35.9 Å². The first-order chi connectivity index (χ1) is 13.8. The Morgan fingerprint density at radius 3 is 2.46 bits per heavy atom. The highest BCUT2D eigenvalue weighted by atomic mass is 19.1. The van der Waals surface area contributed by atoms with Gasteiger partial charge in [0.05, 0.1) is 16.6 Å². The van der Waals surface area contributed by atoms with Crippen molar-refractivity contribution in [1.29, 1.82) is 0 Å². The van der Waals surface area contributed by atoms with Crippen LogP contribution in [-0.4, -0.2) is 19.5 Å². The van der Waals surface area contributed by atoms with Crippen LogP contribution in [0.3, 0.4) is 0 Å². The van der Waals surface area contributed by atoms with E-state index in [1.54, 1.807) is 12.1 Å². The molecule has 0 atom stereocenters. The summed E-state index contributed by atoms with van der Waals surface area (Å²) in [6.45, 7) is 0.721. The molecule has 1 aliphatic rings. The summed E-state index contributed by atoms with van der Waals surface area (Å²) in [6, 6.07) is 14.5. The Bertz CT molecular complexity index is 1190. The number of nitrogens with zero attached hydrogens (tertiary/aromatic N) is 4. The van der Waals surface area contributed by atoms with Crippen LogP contribution in [0.15, 0.2) is 60.2 Å². The van der Waals surface area contributed by atoms with Crippen LogP contribution in [0.1, 0.15) is 32.1 Å². The average molecular weight is 372 g/mol. The summed E-state index contributed by atoms with van der Waals surface area (Å²) in [4.78, 5) is 14.2. The van der Waals surface area contributed by atoms with Gasteiger partial charge in [0.25, 0.3) is 0 Å². The summed E-state index contributed by atoms with van der Waals surface area (Å²) < 4.78 is 16.6. The van der Waals surface area contributed by atoms with Crippen molar-refractivity contribution in [2.75, 3.05) is 0 Å². The van der Waals surface area contributed by atoms with Crippen molar-refractivity contribution in [3.05, 3.63) is 66.0 Å². The van der Waals surface area contributed by atoms with Gasteiger partial charge in [0, 0.05) is 6.54 Å². The molecular formula is C23H21FN4. The molecule has 0 aliphatic heterocycles. The Balaban J connectivity index is 1.66. The molecule has 5 rings (SSSR count). The predicted octanol–water partition coefficient (Wildman–Crippen LogP) is 5.68. The van der Waals surface area contributed by atoms with Crippen LogP contribution in [-0.2, 0) is 6.54 Å². The van der Waals surface area contributed by atoms with Crippen molar-refractivity contribution in [3.63, 3.8) is 0 Å². The van der Waals surface area contributed by atoms with Crippen LogP contribution in [0.2, 0.25) is 0 Å². The third kappa shape index (κ3) is 3.07. The largest absolute Gasteiger partial charge is 0.307 e. The molecule has 0 spiro atoms. The quantitative estimate of drug-likeness (QED) is 0.433. The Labute approximate surface area is 162 Å². The molecule has 2 aromatic heterocycles. The van der Waals surface area contributed by atoms with Gasteiger partial charge in [0.15, 0.2) is 11.3 Å². The Kier molecular flexibility index (Phi) is 4.35. The molecule has 4 aromatic rings. The molecule has 0 bridgehead atoms. The standard InChI is InChI=1S/C23H21FN4/c24-18-11-5-4-10-17(18)22-27-21-23(26-20-13-7-6-12-19(20)25-21)28(22)15-14-16-8-2-1-3-9-16/h4-8,10-13H,1-3,9,14-15H2. The number of hydrogen-bond donors (Lipinski definition) is 0. The minimum Gasteiger partial charge on any atom is -0.307 e. The van der Waals surface area contributed by atoms with Crippen molar-refractivity contribution in [1.82, 2.24) is 19.5 Å². The van der Waals surface area contributed by atoms with Crippen molar-refractivity contribution >= 4 is 22.3 Å². The first-order valence-corrected chi connectivity index (χ1v) is 9.85. The number of imidazole rings is 1. The van der Waals surface area contributed by atoms with Gasteiger partial charge in [0.2, 0.25) is 0 Å². The van der Waals surface area contributed by atoms with Crippen molar-refractivity contribution in [3.8, 4) is 11.4 Å². The minimum atomic E-state index is -0.277. The van der Waals surface area contributed by atoms with Gasteiger partial charge in [-0.15, -0.1) is 0 Å². The monoisotopic (exact) mass is 372 g/mol. The molecular weight excluding hydrogens is 351 g/mol. The second kappa shape index (κ2) is 7.15. The maximum absolute atomic E-state index is 14.6. The van der Waals surface area contributed by atoms with Gasteiger partial charge < -0.3 is 4.57 Å². The van der Waals surface area contributed by atoms with Gasteiger partial charge in [-0.25, -0.2) is 19.3 Å². The number of benzene rings is 2. The van der Waals surface area contributed by atoms with Crippen LogP contribution in [0.5, 0.6) is 0 Å². The van der Waals surface area contributed by atoms with E-state index in [1.165, 1.54) is 24.5 Å².